The fourth-order valence-electron chi connectivity index (χ4n) is 2.32. The summed E-state index contributed by atoms with van der Waals surface area (Å²) >= 11 is 0. The third-order valence-corrected chi connectivity index (χ3v) is 3.32. The molecular weight excluding hydrogens is 234 g/mol. The lowest BCUT2D eigenvalue weighted by molar-refractivity contribution is 0.0251. The summed E-state index contributed by atoms with van der Waals surface area (Å²) in [7, 11) is 0. The Morgan fingerprint density at radius 1 is 1.50 bits per heavy atom. The molecule has 5 nitrogen and oxygen atoms in total. The van der Waals surface area contributed by atoms with Crippen molar-refractivity contribution >= 4 is 6.09 Å². The highest BCUT2D eigenvalue weighted by Crippen LogP contribution is 2.39. The number of hydrogen-bond donors (Lipinski definition) is 1. The van der Waals surface area contributed by atoms with Crippen molar-refractivity contribution < 1.29 is 19.0 Å². The summed E-state index contributed by atoms with van der Waals surface area (Å²) in [5.74, 6) is 0.310. The number of rotatable bonds is 3. The number of carbonyl (C=O) groups is 1. The van der Waals surface area contributed by atoms with Gasteiger partial charge in [-0.05, 0) is 34.1 Å². The zero-order valence-electron chi connectivity index (χ0n) is 11.6. The van der Waals surface area contributed by atoms with E-state index in [9.17, 15) is 4.79 Å². The molecule has 3 atom stereocenters. The van der Waals surface area contributed by atoms with Crippen LogP contribution in [0.4, 0.5) is 4.79 Å². The number of amides is 1. The summed E-state index contributed by atoms with van der Waals surface area (Å²) in [5, 5.41) is 2.81. The first kappa shape index (κ1) is 13.6. The standard InChI is InChI=1S/C13H23NO4/c1-12(2,3)18-11(15)14-7-9-5-6-16-10(9)13(4)8-17-13/h9-10H,5-8H2,1-4H3,(H,14,15). The normalized spacial score (nSPS) is 35.3. The summed E-state index contributed by atoms with van der Waals surface area (Å²) < 4.78 is 16.3. The van der Waals surface area contributed by atoms with E-state index in [4.69, 9.17) is 14.2 Å². The highest BCUT2D eigenvalue weighted by Gasteiger charge is 2.52. The minimum Gasteiger partial charge on any atom is -0.444 e. The van der Waals surface area contributed by atoms with Gasteiger partial charge in [-0.1, -0.05) is 0 Å². The minimum absolute atomic E-state index is 0.0902. The van der Waals surface area contributed by atoms with Crippen molar-refractivity contribution in [2.24, 2.45) is 5.92 Å². The molecule has 2 heterocycles. The Balaban J connectivity index is 1.77. The molecule has 0 aliphatic carbocycles. The van der Waals surface area contributed by atoms with Crippen LogP contribution in [-0.4, -0.2) is 43.2 Å². The second-order valence-electron chi connectivity index (χ2n) is 6.32. The molecule has 0 aromatic rings. The number of carbonyl (C=O) groups excluding carboxylic acids is 1. The van der Waals surface area contributed by atoms with Gasteiger partial charge in [0.2, 0.25) is 0 Å². The van der Waals surface area contributed by atoms with E-state index in [0.717, 1.165) is 19.6 Å². The third-order valence-electron chi connectivity index (χ3n) is 3.32. The molecule has 2 rings (SSSR count). The first-order valence-electron chi connectivity index (χ1n) is 6.53. The van der Waals surface area contributed by atoms with E-state index in [1.54, 1.807) is 0 Å². The predicted molar refractivity (Wildman–Crippen MR) is 66.4 cm³/mol. The fourth-order valence-corrected chi connectivity index (χ4v) is 2.32. The Kier molecular flexibility index (Phi) is 3.56. The molecule has 0 aromatic heterocycles. The van der Waals surface area contributed by atoms with Gasteiger partial charge < -0.3 is 19.5 Å². The molecule has 3 unspecified atom stereocenters. The highest BCUT2D eigenvalue weighted by atomic mass is 16.6. The van der Waals surface area contributed by atoms with Gasteiger partial charge in [0.05, 0.1) is 12.7 Å². The number of alkyl carbamates (subject to hydrolysis) is 1. The molecule has 2 saturated heterocycles. The maximum Gasteiger partial charge on any atom is 0.407 e. The van der Waals surface area contributed by atoms with E-state index in [1.807, 2.05) is 20.8 Å². The van der Waals surface area contributed by atoms with Gasteiger partial charge in [-0.15, -0.1) is 0 Å². The van der Waals surface area contributed by atoms with Gasteiger partial charge in [-0.3, -0.25) is 0 Å². The Bertz CT molecular complexity index is 319. The van der Waals surface area contributed by atoms with Crippen LogP contribution in [0.15, 0.2) is 0 Å². The summed E-state index contributed by atoms with van der Waals surface area (Å²) in [5.41, 5.74) is -0.599. The lowest BCUT2D eigenvalue weighted by Gasteiger charge is -2.24. The Labute approximate surface area is 108 Å². The average molecular weight is 257 g/mol. The number of nitrogens with one attached hydrogen (secondary N) is 1. The number of ether oxygens (including phenoxy) is 3. The first-order valence-corrected chi connectivity index (χ1v) is 6.53. The van der Waals surface area contributed by atoms with E-state index < -0.39 is 5.60 Å². The Morgan fingerprint density at radius 3 is 2.72 bits per heavy atom. The smallest absolute Gasteiger partial charge is 0.407 e. The van der Waals surface area contributed by atoms with Crippen molar-refractivity contribution in [3.63, 3.8) is 0 Å². The van der Waals surface area contributed by atoms with E-state index in [-0.39, 0.29) is 17.8 Å². The van der Waals surface area contributed by atoms with Gasteiger partial charge in [0.1, 0.15) is 11.2 Å². The van der Waals surface area contributed by atoms with Crippen LogP contribution in [-0.2, 0) is 14.2 Å². The van der Waals surface area contributed by atoms with Gasteiger partial charge in [0, 0.05) is 19.1 Å². The molecule has 104 valence electrons. The van der Waals surface area contributed by atoms with Crippen molar-refractivity contribution in [1.29, 1.82) is 0 Å². The molecule has 0 aromatic carbocycles. The maximum atomic E-state index is 11.6. The molecule has 1 amide bonds. The number of hydrogen-bond acceptors (Lipinski definition) is 4. The van der Waals surface area contributed by atoms with Crippen LogP contribution in [0.25, 0.3) is 0 Å². The molecular formula is C13H23NO4. The van der Waals surface area contributed by atoms with Crippen LogP contribution in [0.3, 0.4) is 0 Å². The first-order chi connectivity index (χ1) is 8.30. The molecule has 2 fully saturated rings. The topological polar surface area (TPSA) is 60.1 Å². The lowest BCUT2D eigenvalue weighted by atomic mass is 9.92. The molecule has 0 spiro atoms. The SMILES string of the molecule is CC(C)(C)OC(=O)NCC1CCOC1C1(C)CO1. The predicted octanol–water partition coefficient (Wildman–Crippen LogP) is 1.71. The Morgan fingerprint density at radius 2 is 2.17 bits per heavy atom. The molecule has 1 N–H and O–H groups in total. The molecule has 2 aliphatic rings. The van der Waals surface area contributed by atoms with Gasteiger partial charge in [-0.2, -0.15) is 0 Å². The molecule has 5 heteroatoms. The van der Waals surface area contributed by atoms with Crippen LogP contribution in [0.1, 0.15) is 34.1 Å². The van der Waals surface area contributed by atoms with Crippen molar-refractivity contribution in [3.05, 3.63) is 0 Å². The van der Waals surface area contributed by atoms with Crippen LogP contribution >= 0.6 is 0 Å². The van der Waals surface area contributed by atoms with Gasteiger partial charge in [0.15, 0.2) is 0 Å². The maximum absolute atomic E-state index is 11.6. The summed E-state index contributed by atoms with van der Waals surface area (Å²) in [6.07, 6.45) is 0.682. The minimum atomic E-state index is -0.457. The van der Waals surface area contributed by atoms with Crippen LogP contribution < -0.4 is 5.32 Å². The zero-order valence-corrected chi connectivity index (χ0v) is 11.6. The fraction of sp³-hybridized carbons (Fsp3) is 0.923. The largest absolute Gasteiger partial charge is 0.444 e. The molecule has 0 bridgehead atoms. The Hall–Kier alpha value is -0.810. The molecule has 0 radical (unpaired) electrons. The number of epoxide rings is 1. The molecule has 2 aliphatic heterocycles. The van der Waals surface area contributed by atoms with E-state index in [1.165, 1.54) is 0 Å². The van der Waals surface area contributed by atoms with Crippen LogP contribution in [0.2, 0.25) is 0 Å². The van der Waals surface area contributed by atoms with Crippen LogP contribution in [0.5, 0.6) is 0 Å². The van der Waals surface area contributed by atoms with Crippen molar-refractivity contribution in [1.82, 2.24) is 5.32 Å². The van der Waals surface area contributed by atoms with Crippen molar-refractivity contribution in [3.8, 4) is 0 Å². The van der Waals surface area contributed by atoms with Gasteiger partial charge in [0.25, 0.3) is 0 Å². The average Bonchev–Trinajstić information content (AvgIpc) is 2.79. The summed E-state index contributed by atoms with van der Waals surface area (Å²) in [6.45, 7) is 9.69. The summed E-state index contributed by atoms with van der Waals surface area (Å²) in [6, 6.07) is 0. The lowest BCUT2D eigenvalue weighted by Crippen LogP contribution is -2.40. The van der Waals surface area contributed by atoms with Crippen molar-refractivity contribution in [2.45, 2.75) is 51.4 Å². The molecule has 0 saturated carbocycles. The van der Waals surface area contributed by atoms with Crippen molar-refractivity contribution in [2.75, 3.05) is 19.8 Å². The zero-order chi connectivity index (χ0) is 13.4. The highest BCUT2D eigenvalue weighted by molar-refractivity contribution is 5.67. The van der Waals surface area contributed by atoms with Gasteiger partial charge >= 0.3 is 6.09 Å². The summed E-state index contributed by atoms with van der Waals surface area (Å²) in [4.78, 5) is 11.6. The van der Waals surface area contributed by atoms with E-state index >= 15 is 0 Å². The van der Waals surface area contributed by atoms with Gasteiger partial charge in [-0.25, -0.2) is 4.79 Å². The van der Waals surface area contributed by atoms with E-state index in [0.29, 0.717) is 12.5 Å². The quantitative estimate of drug-likeness (QED) is 0.782. The van der Waals surface area contributed by atoms with E-state index in [2.05, 4.69) is 12.2 Å². The second-order valence-corrected chi connectivity index (χ2v) is 6.32. The monoisotopic (exact) mass is 257 g/mol. The second kappa shape index (κ2) is 4.70. The third kappa shape index (κ3) is 3.36. The molecule has 18 heavy (non-hydrogen) atoms. The van der Waals surface area contributed by atoms with Crippen LogP contribution in [0, 0.1) is 5.92 Å².